The first kappa shape index (κ1) is 17.5. The van der Waals surface area contributed by atoms with Crippen molar-refractivity contribution >= 4 is 5.91 Å². The first-order valence-electron chi connectivity index (χ1n) is 9.07. The van der Waals surface area contributed by atoms with Gasteiger partial charge >= 0.3 is 0 Å². The van der Waals surface area contributed by atoms with Crippen molar-refractivity contribution in [3.63, 3.8) is 0 Å². The van der Waals surface area contributed by atoms with E-state index in [9.17, 15) is 9.90 Å². The molecule has 1 N–H and O–H groups in total. The van der Waals surface area contributed by atoms with Crippen molar-refractivity contribution in [3.05, 3.63) is 77.0 Å². The Balaban J connectivity index is 1.51. The van der Waals surface area contributed by atoms with Crippen LogP contribution in [0, 0.1) is 13.8 Å². The second-order valence-electron chi connectivity index (χ2n) is 7.32. The number of rotatable bonds is 3. The van der Waals surface area contributed by atoms with E-state index in [0.29, 0.717) is 18.7 Å². The maximum Gasteiger partial charge on any atom is 0.276 e. The van der Waals surface area contributed by atoms with E-state index < -0.39 is 5.60 Å². The van der Waals surface area contributed by atoms with Crippen LogP contribution in [-0.2, 0) is 5.60 Å². The Bertz CT molecular complexity index is 960. The molecular formula is C22H22N2O3. The third-order valence-electron chi connectivity index (χ3n) is 5.19. The fourth-order valence-corrected chi connectivity index (χ4v) is 3.46. The summed E-state index contributed by atoms with van der Waals surface area (Å²) >= 11 is 0. The van der Waals surface area contributed by atoms with Crippen LogP contribution < -0.4 is 0 Å². The Labute approximate surface area is 158 Å². The van der Waals surface area contributed by atoms with E-state index >= 15 is 0 Å². The summed E-state index contributed by atoms with van der Waals surface area (Å²) in [5.41, 5.74) is 3.25. The van der Waals surface area contributed by atoms with Crippen molar-refractivity contribution in [2.24, 2.45) is 0 Å². The molecule has 1 fully saturated rings. The van der Waals surface area contributed by atoms with Gasteiger partial charge in [-0.2, -0.15) is 0 Å². The van der Waals surface area contributed by atoms with E-state index in [1.807, 2.05) is 62.4 Å². The second-order valence-corrected chi connectivity index (χ2v) is 7.32. The molecule has 0 bridgehead atoms. The molecule has 4 rings (SSSR count). The highest BCUT2D eigenvalue weighted by molar-refractivity contribution is 5.93. The number of carbonyl (C=O) groups is 1. The Morgan fingerprint density at radius 1 is 1.07 bits per heavy atom. The van der Waals surface area contributed by atoms with Crippen molar-refractivity contribution in [3.8, 4) is 11.3 Å². The number of aliphatic hydroxyl groups is 1. The molecule has 0 aliphatic carbocycles. The highest BCUT2D eigenvalue weighted by atomic mass is 16.5. The highest BCUT2D eigenvalue weighted by Gasteiger charge is 2.40. The topological polar surface area (TPSA) is 66.6 Å². The number of aromatic nitrogens is 1. The van der Waals surface area contributed by atoms with Gasteiger partial charge in [0.2, 0.25) is 0 Å². The zero-order valence-electron chi connectivity index (χ0n) is 15.5. The summed E-state index contributed by atoms with van der Waals surface area (Å²) in [6.07, 6.45) is 0.504. The lowest BCUT2D eigenvalue weighted by molar-refractivity contribution is 0.0414. The van der Waals surface area contributed by atoms with Gasteiger partial charge in [-0.15, -0.1) is 0 Å². The van der Waals surface area contributed by atoms with Crippen molar-refractivity contribution in [2.75, 3.05) is 13.1 Å². The van der Waals surface area contributed by atoms with Crippen LogP contribution in [0.3, 0.4) is 0 Å². The van der Waals surface area contributed by atoms with Gasteiger partial charge < -0.3 is 14.5 Å². The molecule has 5 heteroatoms. The average molecular weight is 362 g/mol. The Hall–Kier alpha value is -2.92. The monoisotopic (exact) mass is 362 g/mol. The van der Waals surface area contributed by atoms with Gasteiger partial charge in [-0.05, 0) is 25.8 Å². The number of carbonyl (C=O) groups excluding carboxylic acids is 1. The molecule has 1 aromatic heterocycles. The molecular weight excluding hydrogens is 340 g/mol. The van der Waals surface area contributed by atoms with Gasteiger partial charge in [0.05, 0.1) is 6.54 Å². The van der Waals surface area contributed by atoms with E-state index in [4.69, 9.17) is 4.52 Å². The molecule has 2 heterocycles. The van der Waals surface area contributed by atoms with Crippen molar-refractivity contribution < 1.29 is 14.4 Å². The molecule has 1 saturated heterocycles. The Morgan fingerprint density at radius 3 is 2.37 bits per heavy atom. The largest absolute Gasteiger partial charge is 0.383 e. The van der Waals surface area contributed by atoms with Crippen molar-refractivity contribution in [1.82, 2.24) is 10.1 Å². The molecule has 1 aliphatic rings. The Morgan fingerprint density at radius 2 is 1.70 bits per heavy atom. The van der Waals surface area contributed by atoms with Crippen LogP contribution in [0.4, 0.5) is 0 Å². The number of β-amino-alcohol motifs (C(OH)–C–C–N with tert-alkyl or cyclic N) is 1. The molecule has 0 radical (unpaired) electrons. The van der Waals surface area contributed by atoms with Crippen LogP contribution >= 0.6 is 0 Å². The van der Waals surface area contributed by atoms with Gasteiger partial charge in [0, 0.05) is 18.2 Å². The average Bonchev–Trinajstić information content (AvgIpc) is 3.30. The minimum atomic E-state index is -1.02. The predicted octanol–water partition coefficient (Wildman–Crippen LogP) is 3.69. The van der Waals surface area contributed by atoms with Gasteiger partial charge in [0.1, 0.15) is 5.60 Å². The van der Waals surface area contributed by atoms with Crippen LogP contribution in [0.15, 0.2) is 59.1 Å². The van der Waals surface area contributed by atoms with E-state index in [0.717, 1.165) is 22.3 Å². The first-order chi connectivity index (χ1) is 12.9. The molecule has 1 amide bonds. The molecule has 1 aliphatic heterocycles. The first-order valence-corrected chi connectivity index (χ1v) is 9.07. The van der Waals surface area contributed by atoms with Crippen molar-refractivity contribution in [1.29, 1.82) is 0 Å². The molecule has 27 heavy (non-hydrogen) atoms. The molecule has 138 valence electrons. The fraction of sp³-hybridized carbons (Fsp3) is 0.273. The summed E-state index contributed by atoms with van der Waals surface area (Å²) in [5, 5.41) is 14.9. The lowest BCUT2D eigenvalue weighted by Gasteiger charge is -2.23. The Kier molecular flexibility index (Phi) is 4.32. The maximum atomic E-state index is 12.8. The summed E-state index contributed by atoms with van der Waals surface area (Å²) in [5.74, 6) is 0.339. The van der Waals surface area contributed by atoms with Gasteiger partial charge in [0.15, 0.2) is 11.5 Å². The lowest BCUT2D eigenvalue weighted by atomic mass is 9.92. The van der Waals surface area contributed by atoms with Crippen LogP contribution in [0.1, 0.15) is 33.6 Å². The molecule has 0 unspecified atom stereocenters. The summed E-state index contributed by atoms with van der Waals surface area (Å²) in [7, 11) is 0. The predicted molar refractivity (Wildman–Crippen MR) is 102 cm³/mol. The fourth-order valence-electron chi connectivity index (χ4n) is 3.46. The van der Waals surface area contributed by atoms with Crippen LogP contribution in [0.5, 0.6) is 0 Å². The van der Waals surface area contributed by atoms with Crippen molar-refractivity contribution in [2.45, 2.75) is 25.9 Å². The number of amides is 1. The van der Waals surface area contributed by atoms with Gasteiger partial charge in [-0.25, -0.2) is 0 Å². The molecule has 1 atom stereocenters. The number of aryl methyl sites for hydroxylation is 2. The normalized spacial score (nSPS) is 19.4. The lowest BCUT2D eigenvalue weighted by Crippen LogP contribution is -2.34. The molecule has 0 saturated carbocycles. The van der Waals surface area contributed by atoms with E-state index in [2.05, 4.69) is 5.16 Å². The third kappa shape index (κ3) is 3.38. The van der Waals surface area contributed by atoms with E-state index in [1.54, 1.807) is 11.0 Å². The van der Waals surface area contributed by atoms with Crippen LogP contribution in [-0.4, -0.2) is 34.2 Å². The minimum absolute atomic E-state index is 0.222. The molecule has 3 aromatic rings. The summed E-state index contributed by atoms with van der Waals surface area (Å²) in [4.78, 5) is 14.4. The second kappa shape index (κ2) is 6.67. The number of hydrogen-bond acceptors (Lipinski definition) is 4. The van der Waals surface area contributed by atoms with Gasteiger partial charge in [-0.1, -0.05) is 64.8 Å². The molecule has 5 nitrogen and oxygen atoms in total. The van der Waals surface area contributed by atoms with Gasteiger partial charge in [0.25, 0.3) is 5.91 Å². The number of hydrogen-bond donors (Lipinski definition) is 1. The standard InChI is InChI=1S/C22H22N2O3/c1-15-3-7-17(8-4-15)20-13-19(23-27-20)21(25)24-12-11-22(26,14-24)18-9-5-16(2)6-10-18/h3-10,13,26H,11-12,14H2,1-2H3/t22-/m1/s1. The highest BCUT2D eigenvalue weighted by Crippen LogP contribution is 2.33. The molecule has 2 aromatic carbocycles. The summed E-state index contributed by atoms with van der Waals surface area (Å²) in [6.45, 7) is 4.76. The zero-order valence-corrected chi connectivity index (χ0v) is 15.5. The van der Waals surface area contributed by atoms with E-state index in [-0.39, 0.29) is 18.1 Å². The quantitative estimate of drug-likeness (QED) is 0.772. The van der Waals surface area contributed by atoms with E-state index in [1.165, 1.54) is 0 Å². The zero-order chi connectivity index (χ0) is 19.0. The summed E-state index contributed by atoms with van der Waals surface area (Å²) in [6, 6.07) is 17.3. The molecule has 0 spiro atoms. The van der Waals surface area contributed by atoms with Crippen LogP contribution in [0.25, 0.3) is 11.3 Å². The number of nitrogens with zero attached hydrogens (tertiary/aromatic N) is 2. The minimum Gasteiger partial charge on any atom is -0.383 e. The smallest absolute Gasteiger partial charge is 0.276 e. The number of likely N-dealkylation sites (tertiary alicyclic amines) is 1. The van der Waals surface area contributed by atoms with Gasteiger partial charge in [-0.3, -0.25) is 4.79 Å². The third-order valence-corrected chi connectivity index (χ3v) is 5.19. The number of benzene rings is 2. The maximum absolute atomic E-state index is 12.8. The SMILES string of the molecule is Cc1ccc(-c2cc(C(=O)N3CC[C@](O)(c4ccc(C)cc4)C3)no2)cc1. The van der Waals surface area contributed by atoms with Crippen LogP contribution in [0.2, 0.25) is 0 Å². The summed E-state index contributed by atoms with van der Waals surface area (Å²) < 4.78 is 5.36.